The van der Waals surface area contributed by atoms with Crippen molar-refractivity contribution in [3.8, 4) is 0 Å². The van der Waals surface area contributed by atoms with Gasteiger partial charge < -0.3 is 5.73 Å². The van der Waals surface area contributed by atoms with E-state index in [9.17, 15) is 0 Å². The van der Waals surface area contributed by atoms with E-state index in [2.05, 4.69) is 31.2 Å². The van der Waals surface area contributed by atoms with Crippen molar-refractivity contribution < 1.29 is 0 Å². The average molecular weight is 191 g/mol. The maximum absolute atomic E-state index is 5.66. The number of nitrogens with two attached hydrogens (primary N) is 1. The maximum atomic E-state index is 5.66. The van der Waals surface area contributed by atoms with Gasteiger partial charge in [0.2, 0.25) is 0 Å². The van der Waals surface area contributed by atoms with Gasteiger partial charge in [0.15, 0.2) is 0 Å². The van der Waals surface area contributed by atoms with Gasteiger partial charge >= 0.3 is 0 Å². The van der Waals surface area contributed by atoms with Crippen LogP contribution in [0.2, 0.25) is 0 Å². The molecule has 2 heteroatoms. The molecule has 2 rings (SSSR count). The standard InChI is InChI=1S/C11H13NS/c1-8-2-7-11(13-8)9-3-5-10(12)6-4-9/h2-3,5-7,9H,4,12H2,1H3/t9-/m0/s1. The molecule has 1 aromatic rings. The summed E-state index contributed by atoms with van der Waals surface area (Å²) >= 11 is 1.87. The zero-order chi connectivity index (χ0) is 9.26. The summed E-state index contributed by atoms with van der Waals surface area (Å²) < 4.78 is 0. The van der Waals surface area contributed by atoms with Crippen LogP contribution in [-0.4, -0.2) is 0 Å². The van der Waals surface area contributed by atoms with Crippen LogP contribution < -0.4 is 5.73 Å². The summed E-state index contributed by atoms with van der Waals surface area (Å²) in [5.41, 5.74) is 6.55. The molecule has 1 heterocycles. The first-order chi connectivity index (χ1) is 6.25. The minimum absolute atomic E-state index is 0.547. The second kappa shape index (κ2) is 3.38. The Bertz CT molecular complexity index is 360. The van der Waals surface area contributed by atoms with Gasteiger partial charge in [-0.1, -0.05) is 12.2 Å². The van der Waals surface area contributed by atoms with Gasteiger partial charge in [0.05, 0.1) is 0 Å². The lowest BCUT2D eigenvalue weighted by Crippen LogP contribution is -2.01. The molecule has 0 fully saturated rings. The summed E-state index contributed by atoms with van der Waals surface area (Å²) in [6, 6.07) is 4.39. The van der Waals surface area contributed by atoms with Gasteiger partial charge in [0.1, 0.15) is 0 Å². The Morgan fingerprint density at radius 2 is 2.31 bits per heavy atom. The van der Waals surface area contributed by atoms with E-state index in [1.54, 1.807) is 0 Å². The second-order valence-corrected chi connectivity index (χ2v) is 4.67. The molecule has 2 N–H and O–H groups in total. The normalized spacial score (nSPS) is 21.6. The van der Waals surface area contributed by atoms with Crippen LogP contribution in [-0.2, 0) is 0 Å². The van der Waals surface area contributed by atoms with E-state index in [4.69, 9.17) is 5.73 Å². The van der Waals surface area contributed by atoms with Crippen LogP contribution in [0.1, 0.15) is 22.1 Å². The summed E-state index contributed by atoms with van der Waals surface area (Å²) in [7, 11) is 0. The summed E-state index contributed by atoms with van der Waals surface area (Å²) in [5.74, 6) is 0.547. The molecule has 0 spiro atoms. The summed E-state index contributed by atoms with van der Waals surface area (Å²) in [4.78, 5) is 2.82. The van der Waals surface area contributed by atoms with E-state index in [1.165, 1.54) is 9.75 Å². The first-order valence-corrected chi connectivity index (χ1v) is 5.27. The number of rotatable bonds is 1. The molecule has 0 saturated heterocycles. The number of allylic oxidation sites excluding steroid dienone is 3. The molecule has 0 amide bonds. The number of aryl methyl sites for hydroxylation is 1. The van der Waals surface area contributed by atoms with Gasteiger partial charge in [0.25, 0.3) is 0 Å². The molecular weight excluding hydrogens is 178 g/mol. The smallest absolute Gasteiger partial charge is 0.0270 e. The van der Waals surface area contributed by atoms with Crippen molar-refractivity contribution in [2.45, 2.75) is 19.3 Å². The fraction of sp³-hybridized carbons (Fsp3) is 0.273. The quantitative estimate of drug-likeness (QED) is 0.725. The third-order valence-electron chi connectivity index (χ3n) is 2.26. The Balaban J connectivity index is 2.17. The number of hydrogen-bond acceptors (Lipinski definition) is 2. The highest BCUT2D eigenvalue weighted by Gasteiger charge is 2.11. The van der Waals surface area contributed by atoms with Crippen LogP contribution >= 0.6 is 11.3 Å². The lowest BCUT2D eigenvalue weighted by atomic mass is 9.98. The summed E-state index contributed by atoms with van der Waals surface area (Å²) in [6.07, 6.45) is 7.34. The van der Waals surface area contributed by atoms with Gasteiger partial charge in [-0.3, -0.25) is 0 Å². The predicted molar refractivity (Wildman–Crippen MR) is 57.8 cm³/mol. The van der Waals surface area contributed by atoms with Gasteiger partial charge in [-0.15, -0.1) is 11.3 Å². The molecule has 0 aliphatic heterocycles. The molecule has 0 aromatic carbocycles. The highest BCUT2D eigenvalue weighted by molar-refractivity contribution is 7.12. The molecule has 1 aromatic heterocycles. The fourth-order valence-electron chi connectivity index (χ4n) is 1.50. The van der Waals surface area contributed by atoms with Crippen molar-refractivity contribution in [1.29, 1.82) is 0 Å². The zero-order valence-electron chi connectivity index (χ0n) is 7.66. The van der Waals surface area contributed by atoms with Crippen molar-refractivity contribution in [3.05, 3.63) is 45.8 Å². The Hall–Kier alpha value is -1.02. The Morgan fingerprint density at radius 3 is 2.85 bits per heavy atom. The molecule has 1 aliphatic carbocycles. The number of hydrogen-bond donors (Lipinski definition) is 1. The Kier molecular flexibility index (Phi) is 2.23. The Labute approximate surface area is 82.6 Å². The van der Waals surface area contributed by atoms with Crippen LogP contribution in [0, 0.1) is 6.92 Å². The highest BCUT2D eigenvalue weighted by atomic mass is 32.1. The maximum Gasteiger partial charge on any atom is 0.0270 e. The van der Waals surface area contributed by atoms with Gasteiger partial charge in [0, 0.05) is 21.4 Å². The van der Waals surface area contributed by atoms with E-state index in [1.807, 2.05) is 17.4 Å². The third-order valence-corrected chi connectivity index (χ3v) is 3.39. The molecule has 68 valence electrons. The number of thiophene rings is 1. The van der Waals surface area contributed by atoms with Crippen LogP contribution in [0.25, 0.3) is 0 Å². The topological polar surface area (TPSA) is 26.0 Å². The van der Waals surface area contributed by atoms with E-state index < -0.39 is 0 Å². The molecule has 1 nitrogen and oxygen atoms in total. The monoisotopic (exact) mass is 191 g/mol. The molecule has 13 heavy (non-hydrogen) atoms. The van der Waals surface area contributed by atoms with E-state index >= 15 is 0 Å². The molecular formula is C11H13NS. The van der Waals surface area contributed by atoms with Gasteiger partial charge in [-0.2, -0.15) is 0 Å². The largest absolute Gasteiger partial charge is 0.399 e. The van der Waals surface area contributed by atoms with Crippen molar-refractivity contribution in [1.82, 2.24) is 0 Å². The SMILES string of the molecule is Cc1ccc([C@H]2C=CC(N)=CC2)s1. The minimum atomic E-state index is 0.547. The highest BCUT2D eigenvalue weighted by Crippen LogP contribution is 2.30. The van der Waals surface area contributed by atoms with Gasteiger partial charge in [-0.05, 0) is 31.6 Å². The van der Waals surface area contributed by atoms with Crippen molar-refractivity contribution in [2.24, 2.45) is 5.73 Å². The first kappa shape index (κ1) is 8.57. The van der Waals surface area contributed by atoms with Crippen LogP contribution in [0.4, 0.5) is 0 Å². The fourth-order valence-corrected chi connectivity index (χ4v) is 2.47. The van der Waals surface area contributed by atoms with Crippen LogP contribution in [0.5, 0.6) is 0 Å². The van der Waals surface area contributed by atoms with E-state index in [-0.39, 0.29) is 0 Å². The second-order valence-electron chi connectivity index (χ2n) is 3.35. The molecule has 0 bridgehead atoms. The van der Waals surface area contributed by atoms with Crippen molar-refractivity contribution >= 4 is 11.3 Å². The van der Waals surface area contributed by atoms with Gasteiger partial charge in [-0.25, -0.2) is 0 Å². The third kappa shape index (κ3) is 1.83. The summed E-state index contributed by atoms with van der Waals surface area (Å²) in [6.45, 7) is 2.14. The molecule has 1 atom stereocenters. The average Bonchev–Trinajstić information content (AvgIpc) is 2.53. The molecule has 0 saturated carbocycles. The minimum Gasteiger partial charge on any atom is -0.399 e. The lowest BCUT2D eigenvalue weighted by molar-refractivity contribution is 0.861. The van der Waals surface area contributed by atoms with Crippen molar-refractivity contribution in [2.75, 3.05) is 0 Å². The Morgan fingerprint density at radius 1 is 1.46 bits per heavy atom. The molecule has 0 radical (unpaired) electrons. The van der Waals surface area contributed by atoms with E-state index in [0.29, 0.717) is 5.92 Å². The predicted octanol–water partition coefficient (Wildman–Crippen LogP) is 2.94. The zero-order valence-corrected chi connectivity index (χ0v) is 8.47. The molecule has 1 aliphatic rings. The first-order valence-electron chi connectivity index (χ1n) is 4.46. The van der Waals surface area contributed by atoms with Crippen LogP contribution in [0.3, 0.4) is 0 Å². The lowest BCUT2D eigenvalue weighted by Gasteiger charge is -2.12. The summed E-state index contributed by atoms with van der Waals surface area (Å²) in [5, 5.41) is 0. The van der Waals surface area contributed by atoms with Crippen LogP contribution in [0.15, 0.2) is 36.1 Å². The van der Waals surface area contributed by atoms with Crippen molar-refractivity contribution in [3.63, 3.8) is 0 Å². The molecule has 0 unspecified atom stereocenters. The van der Waals surface area contributed by atoms with E-state index in [0.717, 1.165) is 12.1 Å².